The predicted octanol–water partition coefficient (Wildman–Crippen LogP) is 2.22. The number of aryl methyl sites for hydroxylation is 1. The van der Waals surface area contributed by atoms with Crippen molar-refractivity contribution in [1.29, 1.82) is 0 Å². The molecule has 0 aliphatic rings. The molecular weight excluding hydrogens is 262 g/mol. The van der Waals surface area contributed by atoms with Crippen LogP contribution in [0.15, 0.2) is 18.2 Å². The third kappa shape index (κ3) is 5.20. The molecule has 0 unspecified atom stereocenters. The van der Waals surface area contributed by atoms with Crippen LogP contribution in [0.2, 0.25) is 0 Å². The van der Waals surface area contributed by atoms with Gasteiger partial charge in [0.2, 0.25) is 0 Å². The molecule has 0 spiro atoms. The Labute approximate surface area is 115 Å². The largest absolute Gasteiger partial charge is 0.492 e. The van der Waals surface area contributed by atoms with E-state index in [1.54, 1.807) is 0 Å². The Hall–Kier alpha value is -1.07. The summed E-state index contributed by atoms with van der Waals surface area (Å²) in [4.78, 5) is 0. The Bertz CT molecular complexity index is 509. The van der Waals surface area contributed by atoms with Gasteiger partial charge in [-0.3, -0.25) is 0 Å². The van der Waals surface area contributed by atoms with Crippen LogP contribution in [0.4, 0.5) is 0 Å². The molecule has 0 amide bonds. The minimum atomic E-state index is -3.00. The van der Waals surface area contributed by atoms with E-state index < -0.39 is 9.84 Å². The smallest absolute Gasteiger partial charge is 0.153 e. The topological polar surface area (TPSA) is 69.4 Å². The molecule has 0 saturated carbocycles. The summed E-state index contributed by atoms with van der Waals surface area (Å²) < 4.78 is 28.8. The molecule has 1 aromatic carbocycles. The van der Waals surface area contributed by atoms with Gasteiger partial charge in [0.1, 0.15) is 12.4 Å². The first-order chi connectivity index (χ1) is 8.85. The van der Waals surface area contributed by atoms with E-state index in [4.69, 9.17) is 10.5 Å². The summed E-state index contributed by atoms with van der Waals surface area (Å²) >= 11 is 0. The molecular formula is C14H23NO3S. The average Bonchev–Trinajstić information content (AvgIpc) is 2.28. The SMILES string of the molecule is CCCS(=O)(=O)CCOc1cc(C)ccc1[C@@H](C)N. The van der Waals surface area contributed by atoms with Crippen molar-refractivity contribution in [2.24, 2.45) is 5.73 Å². The molecule has 0 heterocycles. The van der Waals surface area contributed by atoms with Crippen LogP contribution in [-0.2, 0) is 9.84 Å². The van der Waals surface area contributed by atoms with E-state index in [9.17, 15) is 8.42 Å². The summed E-state index contributed by atoms with van der Waals surface area (Å²) in [5.74, 6) is 0.944. The molecule has 1 rings (SSSR count). The Balaban J connectivity index is 2.70. The second kappa shape index (κ2) is 6.91. The van der Waals surface area contributed by atoms with E-state index in [1.165, 1.54) is 0 Å². The van der Waals surface area contributed by atoms with Gasteiger partial charge in [0.25, 0.3) is 0 Å². The highest BCUT2D eigenvalue weighted by molar-refractivity contribution is 7.91. The van der Waals surface area contributed by atoms with E-state index >= 15 is 0 Å². The Kier molecular flexibility index (Phi) is 5.82. The molecule has 0 aliphatic heterocycles. The lowest BCUT2D eigenvalue weighted by molar-refractivity contribution is 0.335. The van der Waals surface area contributed by atoms with Gasteiger partial charge in [-0.2, -0.15) is 0 Å². The standard InChI is InChI=1S/C14H23NO3S/c1-4-8-19(16,17)9-7-18-14-10-11(2)5-6-13(14)12(3)15/h5-6,10,12H,4,7-9,15H2,1-3H3/t12-/m1/s1. The second-order valence-corrected chi connectivity index (χ2v) is 7.13. The number of sulfone groups is 1. The molecule has 5 heteroatoms. The van der Waals surface area contributed by atoms with Gasteiger partial charge in [-0.25, -0.2) is 8.42 Å². The summed E-state index contributed by atoms with van der Waals surface area (Å²) in [5, 5.41) is 0. The number of benzene rings is 1. The molecule has 108 valence electrons. The van der Waals surface area contributed by atoms with E-state index in [1.807, 2.05) is 39.0 Å². The highest BCUT2D eigenvalue weighted by Crippen LogP contribution is 2.25. The quantitative estimate of drug-likeness (QED) is 0.834. The molecule has 4 nitrogen and oxygen atoms in total. The first-order valence-electron chi connectivity index (χ1n) is 6.55. The van der Waals surface area contributed by atoms with Gasteiger partial charge in [-0.1, -0.05) is 19.1 Å². The lowest BCUT2D eigenvalue weighted by Gasteiger charge is -2.14. The molecule has 0 fully saturated rings. The fraction of sp³-hybridized carbons (Fsp3) is 0.571. The van der Waals surface area contributed by atoms with Crippen LogP contribution < -0.4 is 10.5 Å². The van der Waals surface area contributed by atoms with Crippen LogP contribution in [0.1, 0.15) is 37.4 Å². The van der Waals surface area contributed by atoms with Crippen molar-refractivity contribution < 1.29 is 13.2 Å². The van der Waals surface area contributed by atoms with Gasteiger partial charge >= 0.3 is 0 Å². The number of hydrogen-bond donors (Lipinski definition) is 1. The summed E-state index contributed by atoms with van der Waals surface area (Å²) in [6, 6.07) is 5.66. The zero-order chi connectivity index (χ0) is 14.5. The highest BCUT2D eigenvalue weighted by Gasteiger charge is 2.12. The Morgan fingerprint density at radius 1 is 1.32 bits per heavy atom. The highest BCUT2D eigenvalue weighted by atomic mass is 32.2. The summed E-state index contributed by atoms with van der Waals surface area (Å²) in [6.45, 7) is 5.87. The maximum absolute atomic E-state index is 11.6. The third-order valence-electron chi connectivity index (χ3n) is 2.83. The van der Waals surface area contributed by atoms with Gasteiger partial charge in [0, 0.05) is 11.6 Å². The number of rotatable bonds is 7. The molecule has 0 bridgehead atoms. The lowest BCUT2D eigenvalue weighted by atomic mass is 10.1. The van der Waals surface area contributed by atoms with Gasteiger partial charge in [-0.05, 0) is 31.9 Å². The van der Waals surface area contributed by atoms with E-state index in [0.717, 1.165) is 11.1 Å². The van der Waals surface area contributed by atoms with Crippen LogP contribution in [0.3, 0.4) is 0 Å². The fourth-order valence-electron chi connectivity index (χ4n) is 1.83. The van der Waals surface area contributed by atoms with Crippen molar-refractivity contribution >= 4 is 9.84 Å². The summed E-state index contributed by atoms with van der Waals surface area (Å²) in [6.07, 6.45) is 0.637. The van der Waals surface area contributed by atoms with Crippen molar-refractivity contribution in [2.75, 3.05) is 18.1 Å². The normalized spacial score (nSPS) is 13.3. The van der Waals surface area contributed by atoms with E-state index in [-0.39, 0.29) is 24.2 Å². The van der Waals surface area contributed by atoms with Crippen LogP contribution in [-0.4, -0.2) is 26.5 Å². The molecule has 1 aromatic rings. The molecule has 0 aromatic heterocycles. The van der Waals surface area contributed by atoms with Gasteiger partial charge in [0.05, 0.1) is 11.5 Å². The first kappa shape index (κ1) is 16.0. The van der Waals surface area contributed by atoms with Crippen LogP contribution in [0.5, 0.6) is 5.75 Å². The lowest BCUT2D eigenvalue weighted by Crippen LogP contribution is -2.17. The van der Waals surface area contributed by atoms with Crippen LogP contribution in [0.25, 0.3) is 0 Å². The zero-order valence-electron chi connectivity index (χ0n) is 11.8. The van der Waals surface area contributed by atoms with Crippen molar-refractivity contribution in [3.8, 4) is 5.75 Å². The van der Waals surface area contributed by atoms with Crippen LogP contribution in [0, 0.1) is 6.92 Å². The monoisotopic (exact) mass is 285 g/mol. The average molecular weight is 285 g/mol. The maximum Gasteiger partial charge on any atom is 0.153 e. The number of ether oxygens (including phenoxy) is 1. The summed E-state index contributed by atoms with van der Waals surface area (Å²) in [7, 11) is -3.00. The van der Waals surface area contributed by atoms with E-state index in [2.05, 4.69) is 0 Å². The maximum atomic E-state index is 11.6. The Morgan fingerprint density at radius 3 is 2.58 bits per heavy atom. The molecule has 2 N–H and O–H groups in total. The molecule has 1 atom stereocenters. The minimum Gasteiger partial charge on any atom is -0.492 e. The summed E-state index contributed by atoms with van der Waals surface area (Å²) in [5.41, 5.74) is 7.84. The van der Waals surface area contributed by atoms with Crippen molar-refractivity contribution in [1.82, 2.24) is 0 Å². The van der Waals surface area contributed by atoms with Crippen LogP contribution >= 0.6 is 0 Å². The van der Waals surface area contributed by atoms with E-state index in [0.29, 0.717) is 12.2 Å². The third-order valence-corrected chi connectivity index (χ3v) is 4.65. The Morgan fingerprint density at radius 2 is 2.00 bits per heavy atom. The molecule has 0 saturated heterocycles. The predicted molar refractivity (Wildman–Crippen MR) is 78.2 cm³/mol. The van der Waals surface area contributed by atoms with Gasteiger partial charge < -0.3 is 10.5 Å². The number of nitrogens with two attached hydrogens (primary N) is 1. The van der Waals surface area contributed by atoms with Gasteiger partial charge in [-0.15, -0.1) is 0 Å². The van der Waals surface area contributed by atoms with Crippen molar-refractivity contribution in [3.63, 3.8) is 0 Å². The second-order valence-electron chi connectivity index (χ2n) is 4.83. The minimum absolute atomic E-state index is 0.0488. The first-order valence-corrected chi connectivity index (χ1v) is 8.37. The number of hydrogen-bond acceptors (Lipinski definition) is 4. The van der Waals surface area contributed by atoms with Crippen molar-refractivity contribution in [3.05, 3.63) is 29.3 Å². The molecule has 0 radical (unpaired) electrons. The van der Waals surface area contributed by atoms with Gasteiger partial charge in [0.15, 0.2) is 9.84 Å². The molecule has 19 heavy (non-hydrogen) atoms. The molecule has 0 aliphatic carbocycles. The zero-order valence-corrected chi connectivity index (χ0v) is 12.7. The van der Waals surface area contributed by atoms with Crippen molar-refractivity contribution in [2.45, 2.75) is 33.2 Å². The fourth-order valence-corrected chi connectivity index (χ4v) is 3.00.